The highest BCUT2D eigenvalue weighted by Crippen LogP contribution is 2.22. The van der Waals surface area contributed by atoms with E-state index in [2.05, 4.69) is 10.2 Å². The van der Waals surface area contributed by atoms with E-state index in [4.69, 9.17) is 27.4 Å². The lowest BCUT2D eigenvalue weighted by Crippen LogP contribution is -2.19. The van der Waals surface area contributed by atoms with Gasteiger partial charge in [0.05, 0.1) is 17.9 Å². The van der Waals surface area contributed by atoms with Crippen LogP contribution >= 0.6 is 12.2 Å². The highest BCUT2D eigenvalue weighted by molar-refractivity contribution is 7.80. The van der Waals surface area contributed by atoms with Crippen LogP contribution in [0.25, 0.3) is 0 Å². The topological polar surface area (TPSA) is 70.3 Å². The fourth-order valence-electron chi connectivity index (χ4n) is 1.73. The molecule has 1 aromatic heterocycles. The third-order valence-corrected chi connectivity index (χ3v) is 2.79. The predicted molar refractivity (Wildman–Crippen MR) is 74.0 cm³/mol. The van der Waals surface area contributed by atoms with Crippen LogP contribution in [0.2, 0.25) is 0 Å². The van der Waals surface area contributed by atoms with Gasteiger partial charge in [-0.25, -0.2) is 0 Å². The average Bonchev–Trinajstić information content (AvgIpc) is 2.37. The fourth-order valence-corrected chi connectivity index (χ4v) is 1.94. The highest BCUT2D eigenvalue weighted by Gasteiger charge is 2.17. The molecule has 0 atom stereocenters. The molecule has 1 heterocycles. The van der Waals surface area contributed by atoms with Crippen molar-refractivity contribution < 1.29 is 9.47 Å². The molecule has 0 aliphatic carbocycles. The maximum Gasteiger partial charge on any atom is 0.244 e. The van der Waals surface area contributed by atoms with Crippen LogP contribution in [0.15, 0.2) is 0 Å². The van der Waals surface area contributed by atoms with Crippen LogP contribution in [0.3, 0.4) is 0 Å². The van der Waals surface area contributed by atoms with Crippen LogP contribution in [0.1, 0.15) is 30.7 Å². The minimum atomic E-state index is 0.295. The highest BCUT2D eigenvalue weighted by atomic mass is 32.1. The molecular formula is C12H19N3O2S. The fraction of sp³-hybridized carbons (Fsp3) is 0.583. The van der Waals surface area contributed by atoms with Gasteiger partial charge >= 0.3 is 0 Å². The van der Waals surface area contributed by atoms with E-state index in [0.29, 0.717) is 29.6 Å². The van der Waals surface area contributed by atoms with Crippen molar-refractivity contribution in [2.45, 2.75) is 26.7 Å². The Balaban J connectivity index is 3.13. The van der Waals surface area contributed by atoms with Gasteiger partial charge in [-0.1, -0.05) is 26.1 Å². The molecule has 0 fully saturated rings. The monoisotopic (exact) mass is 269 g/mol. The molecule has 0 unspecified atom stereocenters. The van der Waals surface area contributed by atoms with Gasteiger partial charge in [-0.3, -0.25) is 0 Å². The standard InChI is InChI=1S/C12H19N3O2S/c1-4-8-9(5-2)14-15-12(10(8)11(13)18)17-7-6-16-3/h4-7H2,1-3H3,(H2,13,18). The molecule has 0 amide bonds. The summed E-state index contributed by atoms with van der Waals surface area (Å²) in [4.78, 5) is 0.295. The summed E-state index contributed by atoms with van der Waals surface area (Å²) in [6.45, 7) is 4.94. The van der Waals surface area contributed by atoms with Gasteiger partial charge in [0.15, 0.2) is 0 Å². The summed E-state index contributed by atoms with van der Waals surface area (Å²) < 4.78 is 10.4. The maximum atomic E-state index is 5.77. The summed E-state index contributed by atoms with van der Waals surface area (Å²) in [6, 6.07) is 0. The summed E-state index contributed by atoms with van der Waals surface area (Å²) in [5.74, 6) is 0.397. The Labute approximate surface area is 113 Å². The molecule has 1 aromatic rings. The summed E-state index contributed by atoms with van der Waals surface area (Å²) in [6.07, 6.45) is 1.59. The lowest BCUT2D eigenvalue weighted by molar-refractivity contribution is 0.143. The van der Waals surface area contributed by atoms with Gasteiger partial charge in [0, 0.05) is 7.11 Å². The van der Waals surface area contributed by atoms with Crippen LogP contribution in [-0.4, -0.2) is 35.5 Å². The number of hydrogen-bond donors (Lipinski definition) is 1. The number of nitrogens with zero attached hydrogens (tertiary/aromatic N) is 2. The van der Waals surface area contributed by atoms with Crippen LogP contribution < -0.4 is 10.5 Å². The van der Waals surface area contributed by atoms with Gasteiger partial charge in [-0.15, -0.1) is 5.10 Å². The summed E-state index contributed by atoms with van der Waals surface area (Å²) in [5.41, 5.74) is 8.41. The molecule has 0 aromatic carbocycles. The second-order valence-electron chi connectivity index (χ2n) is 3.72. The molecular weight excluding hydrogens is 250 g/mol. The number of ether oxygens (including phenoxy) is 2. The minimum absolute atomic E-state index is 0.295. The number of methoxy groups -OCH3 is 1. The molecule has 5 nitrogen and oxygen atoms in total. The van der Waals surface area contributed by atoms with E-state index < -0.39 is 0 Å². The molecule has 0 saturated heterocycles. The van der Waals surface area contributed by atoms with E-state index >= 15 is 0 Å². The maximum absolute atomic E-state index is 5.77. The third kappa shape index (κ3) is 3.36. The van der Waals surface area contributed by atoms with Crippen LogP contribution in [0, 0.1) is 0 Å². The number of hydrogen-bond acceptors (Lipinski definition) is 5. The van der Waals surface area contributed by atoms with E-state index in [1.807, 2.05) is 13.8 Å². The summed E-state index contributed by atoms with van der Waals surface area (Å²) in [7, 11) is 1.61. The Kier molecular flexibility index (Phi) is 5.94. The SMILES string of the molecule is CCc1nnc(OCCOC)c(C(N)=S)c1CC. The van der Waals surface area contributed by atoms with Crippen molar-refractivity contribution in [3.63, 3.8) is 0 Å². The normalized spacial score (nSPS) is 10.4. The molecule has 0 bridgehead atoms. The number of rotatable bonds is 7. The van der Waals surface area contributed by atoms with Crippen LogP contribution in [0.5, 0.6) is 5.88 Å². The molecule has 18 heavy (non-hydrogen) atoms. The smallest absolute Gasteiger partial charge is 0.244 e. The van der Waals surface area contributed by atoms with Gasteiger partial charge in [0.25, 0.3) is 0 Å². The number of aryl methyl sites for hydroxylation is 1. The molecule has 100 valence electrons. The molecule has 0 aliphatic rings. The zero-order chi connectivity index (χ0) is 13.5. The lowest BCUT2D eigenvalue weighted by Gasteiger charge is -2.14. The first-order valence-corrected chi connectivity index (χ1v) is 6.36. The molecule has 0 radical (unpaired) electrons. The second-order valence-corrected chi connectivity index (χ2v) is 4.16. The van der Waals surface area contributed by atoms with Crippen molar-refractivity contribution in [2.24, 2.45) is 5.73 Å². The molecule has 0 spiro atoms. The quantitative estimate of drug-likeness (QED) is 0.593. The first-order chi connectivity index (χ1) is 8.65. The van der Waals surface area contributed by atoms with Crippen LogP contribution in [0.4, 0.5) is 0 Å². The van der Waals surface area contributed by atoms with Crippen molar-refractivity contribution in [1.82, 2.24) is 10.2 Å². The van der Waals surface area contributed by atoms with Crippen molar-refractivity contribution in [3.05, 3.63) is 16.8 Å². The second kappa shape index (κ2) is 7.23. The summed E-state index contributed by atoms with van der Waals surface area (Å²) in [5, 5.41) is 8.21. The molecule has 1 rings (SSSR count). The Hall–Kier alpha value is -1.27. The number of thiocarbonyl (C=S) groups is 1. The number of aromatic nitrogens is 2. The third-order valence-electron chi connectivity index (χ3n) is 2.59. The van der Waals surface area contributed by atoms with E-state index in [1.165, 1.54) is 0 Å². The van der Waals surface area contributed by atoms with Crippen LogP contribution in [-0.2, 0) is 17.6 Å². The average molecular weight is 269 g/mol. The zero-order valence-corrected chi connectivity index (χ0v) is 11.8. The van der Waals surface area contributed by atoms with E-state index in [9.17, 15) is 0 Å². The van der Waals surface area contributed by atoms with Crippen molar-refractivity contribution in [2.75, 3.05) is 20.3 Å². The zero-order valence-electron chi connectivity index (χ0n) is 11.0. The van der Waals surface area contributed by atoms with E-state index in [-0.39, 0.29) is 0 Å². The van der Waals surface area contributed by atoms with Gasteiger partial charge < -0.3 is 15.2 Å². The molecule has 0 saturated carbocycles. The van der Waals surface area contributed by atoms with Gasteiger partial charge in [-0.2, -0.15) is 5.10 Å². The molecule has 2 N–H and O–H groups in total. The first kappa shape index (κ1) is 14.8. The lowest BCUT2D eigenvalue weighted by atomic mass is 10.0. The van der Waals surface area contributed by atoms with Crippen molar-refractivity contribution >= 4 is 17.2 Å². The Morgan fingerprint density at radius 2 is 1.94 bits per heavy atom. The van der Waals surface area contributed by atoms with Gasteiger partial charge in [0.1, 0.15) is 11.6 Å². The largest absolute Gasteiger partial charge is 0.474 e. The summed E-state index contributed by atoms with van der Waals surface area (Å²) >= 11 is 5.09. The van der Waals surface area contributed by atoms with E-state index in [0.717, 1.165) is 24.1 Å². The van der Waals surface area contributed by atoms with Gasteiger partial charge in [0.2, 0.25) is 5.88 Å². The Morgan fingerprint density at radius 3 is 2.44 bits per heavy atom. The predicted octanol–water partition coefficient (Wildman–Crippen LogP) is 1.26. The Morgan fingerprint density at radius 1 is 1.22 bits per heavy atom. The van der Waals surface area contributed by atoms with Gasteiger partial charge in [-0.05, 0) is 18.4 Å². The van der Waals surface area contributed by atoms with E-state index in [1.54, 1.807) is 7.11 Å². The van der Waals surface area contributed by atoms with Crippen molar-refractivity contribution in [3.8, 4) is 5.88 Å². The molecule has 6 heteroatoms. The first-order valence-electron chi connectivity index (χ1n) is 5.95. The Bertz CT molecular complexity index is 424. The van der Waals surface area contributed by atoms with Crippen molar-refractivity contribution in [1.29, 1.82) is 0 Å². The molecule has 0 aliphatic heterocycles. The number of nitrogens with two attached hydrogens (primary N) is 1. The minimum Gasteiger partial charge on any atom is -0.474 e.